The average molecular weight is 318 g/mol. The molecule has 7 heteroatoms. The molecular weight excluding hydrogens is 294 g/mol. The summed E-state index contributed by atoms with van der Waals surface area (Å²) in [6.07, 6.45) is 1.42. The van der Waals surface area contributed by atoms with Crippen LogP contribution in [0.5, 0.6) is 0 Å². The third-order valence-corrected chi connectivity index (χ3v) is 3.81. The lowest BCUT2D eigenvalue weighted by molar-refractivity contribution is -0.120. The van der Waals surface area contributed by atoms with Crippen LogP contribution in [0.25, 0.3) is 0 Å². The maximum absolute atomic E-state index is 12.0. The van der Waals surface area contributed by atoms with Crippen molar-refractivity contribution in [3.8, 4) is 0 Å². The summed E-state index contributed by atoms with van der Waals surface area (Å²) in [6.45, 7) is 5.84. The number of β-amino-alcohol motifs (C(OH)–C–C–N with tert-alkyl or cyclic N) is 1. The van der Waals surface area contributed by atoms with E-state index in [9.17, 15) is 9.90 Å². The van der Waals surface area contributed by atoms with E-state index in [-0.39, 0.29) is 30.3 Å². The number of halogens is 1. The van der Waals surface area contributed by atoms with Crippen LogP contribution in [0.4, 0.5) is 0 Å². The minimum absolute atomic E-state index is 0. The third-order valence-electron chi connectivity index (χ3n) is 3.81. The molecule has 0 spiro atoms. The summed E-state index contributed by atoms with van der Waals surface area (Å²) in [6, 6.07) is 0. The molecule has 1 aliphatic rings. The molecule has 2 heterocycles. The van der Waals surface area contributed by atoms with Gasteiger partial charge >= 0.3 is 0 Å². The van der Waals surface area contributed by atoms with E-state index in [1.54, 1.807) is 0 Å². The van der Waals surface area contributed by atoms with Gasteiger partial charge in [-0.15, -0.1) is 12.4 Å². The zero-order chi connectivity index (χ0) is 14.5. The molecule has 1 aliphatic heterocycles. The summed E-state index contributed by atoms with van der Waals surface area (Å²) in [5, 5.41) is 19.7. The van der Waals surface area contributed by atoms with Crippen molar-refractivity contribution in [3.63, 3.8) is 0 Å². The van der Waals surface area contributed by atoms with Crippen LogP contribution in [-0.2, 0) is 24.1 Å². The first-order valence-electron chi connectivity index (χ1n) is 7.27. The lowest BCUT2D eigenvalue weighted by Gasteiger charge is -2.14. The molecule has 2 unspecified atom stereocenters. The van der Waals surface area contributed by atoms with Gasteiger partial charge in [-0.1, -0.05) is 19.0 Å². The minimum atomic E-state index is -0.372. The normalized spacial score (nSPS) is 21.1. The van der Waals surface area contributed by atoms with E-state index in [0.717, 1.165) is 36.4 Å². The fourth-order valence-corrected chi connectivity index (χ4v) is 2.53. The Labute approximate surface area is 131 Å². The molecule has 0 aromatic carbocycles. The van der Waals surface area contributed by atoms with Gasteiger partial charge in [-0.05, 0) is 6.42 Å². The highest BCUT2D eigenvalue weighted by Gasteiger charge is 2.25. The summed E-state index contributed by atoms with van der Waals surface area (Å²) in [5.74, 6) is 0.842. The van der Waals surface area contributed by atoms with Crippen molar-refractivity contribution in [1.29, 1.82) is 0 Å². The Morgan fingerprint density at radius 1 is 1.43 bits per heavy atom. The fraction of sp³-hybridized carbons (Fsp3) is 0.714. The molecule has 1 amide bonds. The van der Waals surface area contributed by atoms with Gasteiger partial charge in [-0.25, -0.2) is 0 Å². The summed E-state index contributed by atoms with van der Waals surface area (Å²) < 4.78 is 5.25. The molecule has 0 bridgehead atoms. The number of hydrogen-bond donors (Lipinski definition) is 3. The number of nitrogens with one attached hydrogen (secondary N) is 2. The molecule has 21 heavy (non-hydrogen) atoms. The van der Waals surface area contributed by atoms with Gasteiger partial charge < -0.3 is 20.3 Å². The standard InChI is InChI=1S/C14H23N3O3.ClH/c1-3-11-10(13(4-2)20-17-11)5-14(19)16-7-9-6-15-8-12(9)18;/h9,12,15,18H,3-8H2,1-2H3,(H,16,19);1H. The Morgan fingerprint density at radius 2 is 2.19 bits per heavy atom. The molecule has 0 radical (unpaired) electrons. The van der Waals surface area contributed by atoms with Gasteiger partial charge in [0.15, 0.2) is 0 Å². The van der Waals surface area contributed by atoms with Crippen LogP contribution in [-0.4, -0.2) is 41.9 Å². The molecular formula is C14H24ClN3O3. The molecule has 1 aromatic rings. The summed E-state index contributed by atoms with van der Waals surface area (Å²) in [5.41, 5.74) is 1.78. The van der Waals surface area contributed by atoms with E-state index in [0.29, 0.717) is 19.5 Å². The number of aryl methyl sites for hydroxylation is 2. The van der Waals surface area contributed by atoms with Gasteiger partial charge in [0.2, 0.25) is 5.91 Å². The van der Waals surface area contributed by atoms with Crippen LogP contribution in [0.2, 0.25) is 0 Å². The van der Waals surface area contributed by atoms with Crippen LogP contribution in [0.3, 0.4) is 0 Å². The summed E-state index contributed by atoms with van der Waals surface area (Å²) in [7, 11) is 0. The van der Waals surface area contributed by atoms with E-state index in [2.05, 4.69) is 15.8 Å². The number of rotatable bonds is 6. The van der Waals surface area contributed by atoms with Crippen molar-refractivity contribution in [1.82, 2.24) is 15.8 Å². The van der Waals surface area contributed by atoms with Gasteiger partial charge in [0.25, 0.3) is 0 Å². The highest BCUT2D eigenvalue weighted by Crippen LogP contribution is 2.16. The van der Waals surface area contributed by atoms with Crippen molar-refractivity contribution in [2.75, 3.05) is 19.6 Å². The molecule has 2 atom stereocenters. The average Bonchev–Trinajstić information content (AvgIpc) is 3.02. The molecule has 120 valence electrons. The quantitative estimate of drug-likeness (QED) is 0.709. The van der Waals surface area contributed by atoms with Crippen LogP contribution in [0.15, 0.2) is 4.52 Å². The molecule has 1 aromatic heterocycles. The SMILES string of the molecule is CCc1noc(CC)c1CC(=O)NCC1CNCC1O.Cl. The zero-order valence-corrected chi connectivity index (χ0v) is 13.3. The van der Waals surface area contributed by atoms with Crippen molar-refractivity contribution in [2.45, 2.75) is 39.2 Å². The molecule has 1 fully saturated rings. The maximum Gasteiger partial charge on any atom is 0.224 e. The monoisotopic (exact) mass is 317 g/mol. The molecule has 1 saturated heterocycles. The van der Waals surface area contributed by atoms with Crippen LogP contribution >= 0.6 is 12.4 Å². The Bertz CT molecular complexity index is 443. The molecule has 3 N–H and O–H groups in total. The predicted molar refractivity (Wildman–Crippen MR) is 81.6 cm³/mol. The van der Waals surface area contributed by atoms with E-state index in [4.69, 9.17) is 4.52 Å². The second-order valence-corrected chi connectivity index (χ2v) is 5.20. The first-order valence-corrected chi connectivity index (χ1v) is 7.27. The minimum Gasteiger partial charge on any atom is -0.391 e. The molecule has 0 saturated carbocycles. The topological polar surface area (TPSA) is 87.4 Å². The van der Waals surface area contributed by atoms with E-state index in [1.165, 1.54) is 0 Å². The highest BCUT2D eigenvalue weighted by molar-refractivity contribution is 5.85. The van der Waals surface area contributed by atoms with Crippen molar-refractivity contribution in [2.24, 2.45) is 5.92 Å². The lowest BCUT2D eigenvalue weighted by atomic mass is 10.0. The molecule has 0 aliphatic carbocycles. The van der Waals surface area contributed by atoms with Crippen molar-refractivity contribution < 1.29 is 14.4 Å². The van der Waals surface area contributed by atoms with Gasteiger partial charge in [-0.2, -0.15) is 0 Å². The van der Waals surface area contributed by atoms with Gasteiger partial charge in [0.05, 0.1) is 18.2 Å². The highest BCUT2D eigenvalue weighted by atomic mass is 35.5. The van der Waals surface area contributed by atoms with E-state index >= 15 is 0 Å². The van der Waals surface area contributed by atoms with Gasteiger partial charge in [0, 0.05) is 37.5 Å². The number of hydrogen-bond acceptors (Lipinski definition) is 5. The molecule has 2 rings (SSSR count). The number of aromatic nitrogens is 1. The second kappa shape index (κ2) is 8.36. The second-order valence-electron chi connectivity index (χ2n) is 5.20. The number of amides is 1. The first-order chi connectivity index (χ1) is 9.65. The Balaban J connectivity index is 0.00000220. The van der Waals surface area contributed by atoms with E-state index < -0.39 is 0 Å². The Hall–Kier alpha value is -1.11. The smallest absolute Gasteiger partial charge is 0.224 e. The first kappa shape index (κ1) is 17.9. The number of carbonyl (C=O) groups excluding carboxylic acids is 1. The third kappa shape index (κ3) is 4.43. The largest absolute Gasteiger partial charge is 0.391 e. The van der Waals surface area contributed by atoms with Crippen molar-refractivity contribution >= 4 is 18.3 Å². The fourth-order valence-electron chi connectivity index (χ4n) is 2.53. The molecule has 6 nitrogen and oxygen atoms in total. The number of nitrogens with zero attached hydrogens (tertiary/aromatic N) is 1. The number of carbonyl (C=O) groups is 1. The van der Waals surface area contributed by atoms with Gasteiger partial charge in [-0.3, -0.25) is 4.79 Å². The van der Waals surface area contributed by atoms with Crippen molar-refractivity contribution in [3.05, 3.63) is 17.0 Å². The summed E-state index contributed by atoms with van der Waals surface area (Å²) in [4.78, 5) is 12.0. The lowest BCUT2D eigenvalue weighted by Crippen LogP contribution is -2.35. The van der Waals surface area contributed by atoms with Crippen LogP contribution in [0.1, 0.15) is 30.9 Å². The van der Waals surface area contributed by atoms with Gasteiger partial charge in [0.1, 0.15) is 5.76 Å². The maximum atomic E-state index is 12.0. The van der Waals surface area contributed by atoms with Crippen LogP contribution in [0, 0.1) is 5.92 Å². The number of aliphatic hydroxyl groups is 1. The Kier molecular flexibility index (Phi) is 7.14. The Morgan fingerprint density at radius 3 is 2.76 bits per heavy atom. The summed E-state index contributed by atoms with van der Waals surface area (Å²) >= 11 is 0. The van der Waals surface area contributed by atoms with Crippen LogP contribution < -0.4 is 10.6 Å². The zero-order valence-electron chi connectivity index (χ0n) is 12.5. The number of aliphatic hydroxyl groups excluding tert-OH is 1. The van der Waals surface area contributed by atoms with E-state index in [1.807, 2.05) is 13.8 Å². The predicted octanol–water partition coefficient (Wildman–Crippen LogP) is 0.460.